The summed E-state index contributed by atoms with van der Waals surface area (Å²) in [5, 5.41) is 9.68. The number of amides is 1. The van der Waals surface area contributed by atoms with Gasteiger partial charge in [0.15, 0.2) is 10.6 Å². The van der Waals surface area contributed by atoms with Gasteiger partial charge in [-0.1, -0.05) is 35.4 Å². The number of aromatic nitrogens is 3. The number of carbonyl (C=O) groups is 1. The smallest absolute Gasteiger partial charge is 0.226 e. The van der Waals surface area contributed by atoms with Crippen LogP contribution in [-0.2, 0) is 11.3 Å². The third-order valence-corrected chi connectivity index (χ3v) is 4.40. The predicted octanol–water partition coefficient (Wildman–Crippen LogP) is 4.74. The predicted molar refractivity (Wildman–Crippen MR) is 102 cm³/mol. The van der Waals surface area contributed by atoms with E-state index in [0.29, 0.717) is 22.8 Å². The number of benzene rings is 2. The molecular formula is C18H16ClFN4OS. The topological polar surface area (TPSA) is 62.7 Å². The molecule has 5 nitrogen and oxygen atoms in total. The molecule has 26 heavy (non-hydrogen) atoms. The molecule has 0 radical (unpaired) electrons. The van der Waals surface area contributed by atoms with E-state index < -0.39 is 5.82 Å². The molecule has 3 rings (SSSR count). The van der Waals surface area contributed by atoms with Gasteiger partial charge in [0, 0.05) is 24.2 Å². The Hall–Kier alpha value is -2.51. The highest BCUT2D eigenvalue weighted by atomic mass is 35.5. The molecule has 0 aliphatic heterocycles. The first kappa shape index (κ1) is 18.3. The number of hydrogen-bond donors (Lipinski definition) is 2. The molecule has 1 amide bonds. The maximum atomic E-state index is 13.2. The van der Waals surface area contributed by atoms with Gasteiger partial charge < -0.3 is 5.32 Å². The number of nitrogens with one attached hydrogen (secondary N) is 2. The second-order valence-electron chi connectivity index (χ2n) is 5.80. The number of aryl methyl sites for hydroxylation is 1. The minimum Gasteiger partial charge on any atom is -0.326 e. The summed E-state index contributed by atoms with van der Waals surface area (Å²) in [5.74, 6) is -0.0838. The quantitative estimate of drug-likeness (QED) is 0.618. The summed E-state index contributed by atoms with van der Waals surface area (Å²) < 4.78 is 15.4. The Bertz CT molecular complexity index is 1010. The van der Waals surface area contributed by atoms with Crippen LogP contribution in [0.15, 0.2) is 42.5 Å². The van der Waals surface area contributed by atoms with Crippen molar-refractivity contribution in [1.29, 1.82) is 0 Å². The summed E-state index contributed by atoms with van der Waals surface area (Å²) in [7, 11) is 0. The highest BCUT2D eigenvalue weighted by Gasteiger charge is 2.11. The lowest BCUT2D eigenvalue weighted by Crippen LogP contribution is -2.15. The first-order chi connectivity index (χ1) is 12.4. The van der Waals surface area contributed by atoms with Gasteiger partial charge in [0.25, 0.3) is 0 Å². The van der Waals surface area contributed by atoms with Crippen molar-refractivity contribution in [3.8, 4) is 11.4 Å². The van der Waals surface area contributed by atoms with Crippen LogP contribution in [-0.4, -0.2) is 20.7 Å². The molecule has 2 N–H and O–H groups in total. The zero-order chi connectivity index (χ0) is 18.7. The Labute approximate surface area is 159 Å². The molecule has 8 heteroatoms. The van der Waals surface area contributed by atoms with Gasteiger partial charge in [0.05, 0.1) is 5.02 Å². The van der Waals surface area contributed by atoms with Gasteiger partial charge >= 0.3 is 0 Å². The van der Waals surface area contributed by atoms with Crippen molar-refractivity contribution in [3.05, 3.63) is 63.6 Å². The van der Waals surface area contributed by atoms with Crippen molar-refractivity contribution in [3.63, 3.8) is 0 Å². The van der Waals surface area contributed by atoms with Gasteiger partial charge in [-0.15, -0.1) is 0 Å². The van der Waals surface area contributed by atoms with E-state index in [1.165, 1.54) is 18.2 Å². The Morgan fingerprint density at radius 3 is 2.88 bits per heavy atom. The summed E-state index contributed by atoms with van der Waals surface area (Å²) in [6.45, 7) is 2.36. The lowest BCUT2D eigenvalue weighted by molar-refractivity contribution is -0.116. The second-order valence-corrected chi connectivity index (χ2v) is 6.59. The molecule has 1 heterocycles. The molecule has 134 valence electrons. The summed E-state index contributed by atoms with van der Waals surface area (Å²) in [6.07, 6.45) is 0.182. The van der Waals surface area contributed by atoms with Crippen molar-refractivity contribution >= 4 is 35.4 Å². The summed E-state index contributed by atoms with van der Waals surface area (Å²) in [6, 6.07) is 11.9. The molecule has 0 atom stereocenters. The Balaban J connectivity index is 1.72. The van der Waals surface area contributed by atoms with Crippen LogP contribution in [0, 0.1) is 17.5 Å². The van der Waals surface area contributed by atoms with Gasteiger partial charge in [-0.2, -0.15) is 5.10 Å². The van der Waals surface area contributed by atoms with Crippen LogP contribution in [0.1, 0.15) is 12.0 Å². The van der Waals surface area contributed by atoms with Crippen molar-refractivity contribution in [2.45, 2.75) is 19.9 Å². The molecule has 0 unspecified atom stereocenters. The fourth-order valence-electron chi connectivity index (χ4n) is 2.54. The standard InChI is InChI=1S/C18H16ClFN4OS/c1-11-3-2-4-12(9-11)17-22-23-18(26)24(17)8-7-16(25)21-13-5-6-15(20)14(19)10-13/h2-6,9-10H,7-8H2,1H3,(H,21,25)(H,23,26). The summed E-state index contributed by atoms with van der Waals surface area (Å²) >= 11 is 11.0. The number of anilines is 1. The lowest BCUT2D eigenvalue weighted by atomic mass is 10.1. The Kier molecular flexibility index (Phi) is 5.49. The van der Waals surface area contributed by atoms with Crippen molar-refractivity contribution in [2.24, 2.45) is 0 Å². The van der Waals surface area contributed by atoms with Gasteiger partial charge in [-0.25, -0.2) is 4.39 Å². The molecule has 3 aromatic rings. The van der Waals surface area contributed by atoms with E-state index in [1.54, 1.807) is 4.57 Å². The molecule has 2 aromatic carbocycles. The third-order valence-electron chi connectivity index (χ3n) is 3.80. The second kappa shape index (κ2) is 7.80. The SMILES string of the molecule is Cc1cccc(-c2n[nH]c(=S)n2CCC(=O)Nc2ccc(F)c(Cl)c2)c1. The number of rotatable bonds is 5. The number of carbonyl (C=O) groups excluding carboxylic acids is 1. The van der Waals surface area contributed by atoms with E-state index in [9.17, 15) is 9.18 Å². The van der Waals surface area contributed by atoms with Crippen molar-refractivity contribution in [1.82, 2.24) is 14.8 Å². The fourth-order valence-corrected chi connectivity index (χ4v) is 2.94. The van der Waals surface area contributed by atoms with Crippen LogP contribution in [0.5, 0.6) is 0 Å². The average molecular weight is 391 g/mol. The number of aromatic amines is 1. The zero-order valence-electron chi connectivity index (χ0n) is 13.9. The maximum Gasteiger partial charge on any atom is 0.226 e. The molecular weight excluding hydrogens is 375 g/mol. The van der Waals surface area contributed by atoms with Crippen LogP contribution >= 0.6 is 23.8 Å². The van der Waals surface area contributed by atoms with E-state index >= 15 is 0 Å². The van der Waals surface area contributed by atoms with E-state index in [-0.39, 0.29) is 17.4 Å². The first-order valence-electron chi connectivity index (χ1n) is 7.91. The highest BCUT2D eigenvalue weighted by molar-refractivity contribution is 7.71. The zero-order valence-corrected chi connectivity index (χ0v) is 15.5. The molecule has 1 aromatic heterocycles. The minimum absolute atomic E-state index is 0.0402. The highest BCUT2D eigenvalue weighted by Crippen LogP contribution is 2.21. The monoisotopic (exact) mass is 390 g/mol. The van der Waals surface area contributed by atoms with E-state index in [4.69, 9.17) is 23.8 Å². The van der Waals surface area contributed by atoms with Crippen LogP contribution < -0.4 is 5.32 Å². The summed E-state index contributed by atoms with van der Waals surface area (Å²) in [4.78, 5) is 12.2. The van der Waals surface area contributed by atoms with Gasteiger partial charge in [0.2, 0.25) is 5.91 Å². The van der Waals surface area contributed by atoms with Crippen molar-refractivity contribution < 1.29 is 9.18 Å². The Morgan fingerprint density at radius 1 is 1.35 bits per heavy atom. The van der Waals surface area contributed by atoms with E-state index in [0.717, 1.165) is 11.1 Å². The maximum absolute atomic E-state index is 13.2. The Morgan fingerprint density at radius 2 is 2.15 bits per heavy atom. The molecule has 0 bridgehead atoms. The first-order valence-corrected chi connectivity index (χ1v) is 8.70. The van der Waals surface area contributed by atoms with Crippen molar-refractivity contribution in [2.75, 3.05) is 5.32 Å². The van der Waals surface area contributed by atoms with Crippen LogP contribution in [0.2, 0.25) is 5.02 Å². The molecule has 0 saturated carbocycles. The van der Waals surface area contributed by atoms with E-state index in [1.807, 2.05) is 31.2 Å². The molecule has 0 fully saturated rings. The molecule has 0 aliphatic rings. The average Bonchev–Trinajstić information content (AvgIpc) is 2.97. The van der Waals surface area contributed by atoms with Crippen LogP contribution in [0.25, 0.3) is 11.4 Å². The largest absolute Gasteiger partial charge is 0.326 e. The van der Waals surface area contributed by atoms with Crippen LogP contribution in [0.3, 0.4) is 0 Å². The number of H-pyrrole nitrogens is 1. The minimum atomic E-state index is -0.530. The van der Waals surface area contributed by atoms with Gasteiger partial charge in [0.1, 0.15) is 5.82 Å². The number of hydrogen-bond acceptors (Lipinski definition) is 3. The van der Waals surface area contributed by atoms with Gasteiger partial charge in [-0.05, 0) is 43.4 Å². The molecule has 0 saturated heterocycles. The van der Waals surface area contributed by atoms with E-state index in [2.05, 4.69) is 15.5 Å². The summed E-state index contributed by atoms with van der Waals surface area (Å²) in [5.41, 5.74) is 2.47. The fraction of sp³-hybridized carbons (Fsp3) is 0.167. The number of nitrogens with zero attached hydrogens (tertiary/aromatic N) is 2. The molecule has 0 aliphatic carbocycles. The normalized spacial score (nSPS) is 10.7. The van der Waals surface area contributed by atoms with Crippen LogP contribution in [0.4, 0.5) is 10.1 Å². The molecule has 0 spiro atoms. The third kappa shape index (κ3) is 4.17. The lowest BCUT2D eigenvalue weighted by Gasteiger charge is -2.09. The number of halogens is 2. The van der Waals surface area contributed by atoms with Gasteiger partial charge in [-0.3, -0.25) is 14.5 Å².